The lowest BCUT2D eigenvalue weighted by atomic mass is 9.99. The lowest BCUT2D eigenvalue weighted by molar-refractivity contribution is -0.131. The number of piperidine rings is 1. The highest BCUT2D eigenvalue weighted by Crippen LogP contribution is 2.16. The van der Waals surface area contributed by atoms with E-state index in [4.69, 9.17) is 5.53 Å². The van der Waals surface area contributed by atoms with Gasteiger partial charge in [0, 0.05) is 23.9 Å². The molecule has 14 heavy (non-hydrogen) atoms. The van der Waals surface area contributed by atoms with E-state index in [9.17, 15) is 9.18 Å². The van der Waals surface area contributed by atoms with Crippen LogP contribution in [-0.2, 0) is 4.79 Å². The quantitative estimate of drug-likeness (QED) is 0.386. The zero-order valence-corrected chi connectivity index (χ0v) is 7.90. The fourth-order valence-corrected chi connectivity index (χ4v) is 1.61. The fourth-order valence-electron chi connectivity index (χ4n) is 1.61. The summed E-state index contributed by atoms with van der Waals surface area (Å²) in [7, 11) is 0. The molecule has 0 radical (unpaired) electrons. The van der Waals surface area contributed by atoms with Crippen molar-refractivity contribution in [1.29, 1.82) is 0 Å². The fraction of sp³-hybridized carbons (Fsp3) is 0.875. The van der Waals surface area contributed by atoms with E-state index in [1.807, 2.05) is 0 Å². The largest absolute Gasteiger partial charge is 0.342 e. The van der Waals surface area contributed by atoms with E-state index < -0.39 is 0 Å². The van der Waals surface area contributed by atoms with Gasteiger partial charge in [0.05, 0.1) is 6.67 Å². The van der Waals surface area contributed by atoms with Crippen LogP contribution in [0, 0.1) is 5.92 Å². The molecule has 1 saturated heterocycles. The first-order valence-corrected chi connectivity index (χ1v) is 4.62. The topological polar surface area (TPSA) is 69.1 Å². The van der Waals surface area contributed by atoms with Gasteiger partial charge in [0.1, 0.15) is 6.54 Å². The number of rotatable bonds is 3. The molecule has 0 N–H and O–H groups in total. The summed E-state index contributed by atoms with van der Waals surface area (Å²) in [5.41, 5.74) is 8.04. The number of halogens is 1. The van der Waals surface area contributed by atoms with Gasteiger partial charge in [-0.1, -0.05) is 5.11 Å². The smallest absolute Gasteiger partial charge is 0.228 e. The van der Waals surface area contributed by atoms with Gasteiger partial charge in [-0.2, -0.15) is 0 Å². The third-order valence-corrected chi connectivity index (χ3v) is 2.36. The third kappa shape index (κ3) is 2.88. The second-order valence-electron chi connectivity index (χ2n) is 3.39. The van der Waals surface area contributed by atoms with Crippen molar-refractivity contribution in [2.45, 2.75) is 12.8 Å². The molecule has 1 unspecified atom stereocenters. The van der Waals surface area contributed by atoms with Gasteiger partial charge in [0.25, 0.3) is 0 Å². The van der Waals surface area contributed by atoms with E-state index in [0.717, 1.165) is 12.8 Å². The van der Waals surface area contributed by atoms with Crippen LogP contribution in [0.1, 0.15) is 12.8 Å². The molecule has 6 heteroatoms. The minimum absolute atomic E-state index is 0.0428. The highest BCUT2D eigenvalue weighted by atomic mass is 19.1. The summed E-state index contributed by atoms with van der Waals surface area (Å²) in [6, 6.07) is 0. The first kappa shape index (κ1) is 10.8. The number of hydrogen-bond acceptors (Lipinski definition) is 2. The van der Waals surface area contributed by atoms with Gasteiger partial charge in [0.2, 0.25) is 5.91 Å². The van der Waals surface area contributed by atoms with Gasteiger partial charge in [0.15, 0.2) is 0 Å². The normalized spacial score (nSPS) is 21.5. The highest BCUT2D eigenvalue weighted by molar-refractivity contribution is 5.78. The second kappa shape index (κ2) is 5.44. The van der Waals surface area contributed by atoms with Gasteiger partial charge < -0.3 is 4.90 Å². The maximum Gasteiger partial charge on any atom is 0.228 e. The van der Waals surface area contributed by atoms with Crippen LogP contribution in [0.5, 0.6) is 0 Å². The maximum atomic E-state index is 12.3. The molecule has 78 valence electrons. The molecule has 5 nitrogen and oxygen atoms in total. The number of carbonyl (C=O) groups excluding carboxylic acids is 1. The van der Waals surface area contributed by atoms with Crippen LogP contribution in [0.4, 0.5) is 4.39 Å². The Kier molecular flexibility index (Phi) is 4.19. The van der Waals surface area contributed by atoms with Crippen molar-refractivity contribution in [3.63, 3.8) is 0 Å². The summed E-state index contributed by atoms with van der Waals surface area (Å²) >= 11 is 0. The van der Waals surface area contributed by atoms with E-state index in [-0.39, 0.29) is 25.0 Å². The molecule has 1 atom stereocenters. The summed E-state index contributed by atoms with van der Waals surface area (Å²) in [6.45, 7) is 0.563. The first-order valence-electron chi connectivity index (χ1n) is 4.62. The van der Waals surface area contributed by atoms with Crippen molar-refractivity contribution >= 4 is 5.91 Å². The van der Waals surface area contributed by atoms with E-state index in [1.54, 1.807) is 4.90 Å². The standard InChI is InChI=1S/C8H13FN4O/c9-4-7-2-1-3-13(6-7)8(14)5-11-12-10/h7H,1-6H2. The van der Waals surface area contributed by atoms with E-state index in [1.165, 1.54) is 0 Å². The Bertz CT molecular complexity index is 252. The van der Waals surface area contributed by atoms with Crippen LogP contribution in [0.25, 0.3) is 10.4 Å². The van der Waals surface area contributed by atoms with Gasteiger partial charge in [-0.3, -0.25) is 9.18 Å². The van der Waals surface area contributed by atoms with E-state index in [2.05, 4.69) is 10.0 Å². The monoisotopic (exact) mass is 200 g/mol. The molecule has 0 aromatic carbocycles. The molecule has 0 aromatic heterocycles. The van der Waals surface area contributed by atoms with Crippen LogP contribution in [0.2, 0.25) is 0 Å². The van der Waals surface area contributed by atoms with E-state index in [0.29, 0.717) is 13.1 Å². The molecule has 0 saturated carbocycles. The molecular formula is C8H13FN4O. The SMILES string of the molecule is [N-]=[N+]=NCC(=O)N1CCCC(CF)C1. The van der Waals surface area contributed by atoms with Gasteiger partial charge in [-0.05, 0) is 18.4 Å². The number of alkyl halides is 1. The van der Waals surface area contributed by atoms with Crippen molar-refractivity contribution in [2.75, 3.05) is 26.3 Å². The zero-order valence-electron chi connectivity index (χ0n) is 7.90. The lowest BCUT2D eigenvalue weighted by Crippen LogP contribution is -2.41. The number of likely N-dealkylation sites (tertiary alicyclic amines) is 1. The van der Waals surface area contributed by atoms with Crippen molar-refractivity contribution < 1.29 is 9.18 Å². The molecule has 0 spiro atoms. The minimum Gasteiger partial charge on any atom is -0.342 e. The van der Waals surface area contributed by atoms with Crippen LogP contribution >= 0.6 is 0 Å². The summed E-state index contributed by atoms with van der Waals surface area (Å²) in [5.74, 6) is -0.250. The zero-order chi connectivity index (χ0) is 10.4. The predicted molar refractivity (Wildman–Crippen MR) is 49.3 cm³/mol. The molecule has 0 aromatic rings. The summed E-state index contributed by atoms with van der Waals surface area (Å²) < 4.78 is 12.3. The average Bonchev–Trinajstić information content (AvgIpc) is 2.26. The highest BCUT2D eigenvalue weighted by Gasteiger charge is 2.22. The Morgan fingerprint density at radius 1 is 1.71 bits per heavy atom. The predicted octanol–water partition coefficient (Wildman–Crippen LogP) is 1.50. The van der Waals surface area contributed by atoms with Gasteiger partial charge in [-0.25, -0.2) is 0 Å². The Balaban J connectivity index is 2.42. The molecule has 1 aliphatic heterocycles. The summed E-state index contributed by atoms with van der Waals surface area (Å²) in [5, 5.41) is 3.19. The summed E-state index contributed by atoms with van der Waals surface area (Å²) in [6.07, 6.45) is 1.67. The molecule has 1 heterocycles. The number of azide groups is 1. The second-order valence-corrected chi connectivity index (χ2v) is 3.39. The van der Waals surface area contributed by atoms with Crippen molar-refractivity contribution in [3.8, 4) is 0 Å². The van der Waals surface area contributed by atoms with Crippen molar-refractivity contribution in [3.05, 3.63) is 10.4 Å². The van der Waals surface area contributed by atoms with Crippen LogP contribution in [-0.4, -0.2) is 37.1 Å². The molecule has 0 aliphatic carbocycles. The van der Waals surface area contributed by atoms with Crippen molar-refractivity contribution in [2.24, 2.45) is 11.0 Å². The Hall–Kier alpha value is -1.29. The van der Waals surface area contributed by atoms with Crippen LogP contribution in [0.15, 0.2) is 5.11 Å². The number of hydrogen-bond donors (Lipinski definition) is 0. The molecule has 1 amide bonds. The minimum atomic E-state index is -0.384. The molecule has 1 rings (SSSR count). The third-order valence-electron chi connectivity index (χ3n) is 2.36. The molecule has 0 bridgehead atoms. The number of amides is 1. The number of carbonyl (C=O) groups is 1. The maximum absolute atomic E-state index is 12.3. The molecule has 1 fully saturated rings. The van der Waals surface area contributed by atoms with Crippen LogP contribution in [0.3, 0.4) is 0 Å². The van der Waals surface area contributed by atoms with Gasteiger partial charge >= 0.3 is 0 Å². The Morgan fingerprint density at radius 2 is 2.50 bits per heavy atom. The average molecular weight is 200 g/mol. The summed E-state index contributed by atoms with van der Waals surface area (Å²) in [4.78, 5) is 15.4. The Labute approximate surface area is 81.5 Å². The van der Waals surface area contributed by atoms with E-state index >= 15 is 0 Å². The van der Waals surface area contributed by atoms with Crippen molar-refractivity contribution in [1.82, 2.24) is 4.90 Å². The van der Waals surface area contributed by atoms with Gasteiger partial charge in [-0.15, -0.1) is 0 Å². The van der Waals surface area contributed by atoms with Crippen LogP contribution < -0.4 is 0 Å². The first-order chi connectivity index (χ1) is 6.77. The molecular weight excluding hydrogens is 187 g/mol. The Morgan fingerprint density at radius 3 is 3.14 bits per heavy atom. The molecule has 1 aliphatic rings. The lowest BCUT2D eigenvalue weighted by Gasteiger charge is -2.31. The number of nitrogens with zero attached hydrogens (tertiary/aromatic N) is 4.